The van der Waals surface area contributed by atoms with Crippen molar-refractivity contribution in [1.82, 2.24) is 5.32 Å². The Kier molecular flexibility index (Phi) is 6.89. The third-order valence-corrected chi connectivity index (χ3v) is 5.14. The van der Waals surface area contributed by atoms with Crippen LogP contribution in [-0.2, 0) is 9.59 Å². The van der Waals surface area contributed by atoms with E-state index in [-0.39, 0.29) is 42.2 Å². The summed E-state index contributed by atoms with van der Waals surface area (Å²) in [4.78, 5) is 24.4. The lowest BCUT2D eigenvalue weighted by Crippen LogP contribution is -2.39. The summed E-state index contributed by atoms with van der Waals surface area (Å²) >= 11 is 0. The van der Waals surface area contributed by atoms with Crippen LogP contribution >= 0.6 is 12.4 Å². The van der Waals surface area contributed by atoms with E-state index in [4.69, 9.17) is 10.5 Å². The minimum Gasteiger partial charge on any atom is -0.478 e. The first-order valence-corrected chi connectivity index (χ1v) is 9.15. The maximum Gasteiger partial charge on any atom is 0.265 e. The second kappa shape index (κ2) is 8.73. The van der Waals surface area contributed by atoms with Gasteiger partial charge in [0.2, 0.25) is 5.91 Å². The largest absolute Gasteiger partial charge is 0.478 e. The van der Waals surface area contributed by atoms with Crippen molar-refractivity contribution in [2.24, 2.45) is 11.7 Å². The van der Waals surface area contributed by atoms with Crippen LogP contribution in [-0.4, -0.2) is 24.0 Å². The Morgan fingerprint density at radius 1 is 1.42 bits per heavy atom. The first-order valence-electron chi connectivity index (χ1n) is 9.15. The summed E-state index contributed by atoms with van der Waals surface area (Å²) in [5.41, 5.74) is 7.62. The fourth-order valence-corrected chi connectivity index (χ4v) is 3.58. The van der Waals surface area contributed by atoms with Gasteiger partial charge in [0.25, 0.3) is 5.91 Å². The lowest BCUT2D eigenvalue weighted by molar-refractivity contribution is -0.126. The van der Waals surface area contributed by atoms with Crippen molar-refractivity contribution < 1.29 is 14.3 Å². The van der Waals surface area contributed by atoms with Gasteiger partial charge in [-0.3, -0.25) is 9.59 Å². The molecule has 0 saturated heterocycles. The lowest BCUT2D eigenvalue weighted by Gasteiger charge is -2.28. The molecule has 26 heavy (non-hydrogen) atoms. The third kappa shape index (κ3) is 4.48. The van der Waals surface area contributed by atoms with Gasteiger partial charge < -0.3 is 21.1 Å². The number of carbonyl (C=O) groups excluding carboxylic acids is 2. The van der Waals surface area contributed by atoms with Gasteiger partial charge >= 0.3 is 0 Å². The Morgan fingerprint density at radius 2 is 2.19 bits per heavy atom. The highest BCUT2D eigenvalue weighted by atomic mass is 35.5. The number of amides is 2. The molecular weight excluding hydrogens is 354 g/mol. The second-order valence-electron chi connectivity index (χ2n) is 7.11. The van der Waals surface area contributed by atoms with Crippen molar-refractivity contribution in [2.45, 2.75) is 64.1 Å². The van der Waals surface area contributed by atoms with Crippen LogP contribution in [0.25, 0.3) is 0 Å². The first kappa shape index (κ1) is 20.5. The molecule has 0 bridgehead atoms. The molecular formula is C19H28ClN3O3. The average molecular weight is 382 g/mol. The third-order valence-electron chi connectivity index (χ3n) is 5.14. The van der Waals surface area contributed by atoms with Crippen LogP contribution in [0.4, 0.5) is 5.69 Å². The summed E-state index contributed by atoms with van der Waals surface area (Å²) in [6, 6.07) is 5.64. The summed E-state index contributed by atoms with van der Waals surface area (Å²) in [6.45, 7) is 3.87. The molecule has 2 aliphatic rings. The summed E-state index contributed by atoms with van der Waals surface area (Å²) in [5.74, 6) is 0.618. The number of rotatable bonds is 4. The molecule has 4 unspecified atom stereocenters. The van der Waals surface area contributed by atoms with Crippen LogP contribution in [0.1, 0.15) is 57.6 Å². The van der Waals surface area contributed by atoms with Crippen LogP contribution < -0.4 is 21.1 Å². The normalized spacial score (nSPS) is 25.8. The summed E-state index contributed by atoms with van der Waals surface area (Å²) < 4.78 is 5.78. The molecule has 0 aromatic heterocycles. The highest BCUT2D eigenvalue weighted by Crippen LogP contribution is 2.33. The molecule has 1 aliphatic carbocycles. The van der Waals surface area contributed by atoms with Crippen LogP contribution in [0.15, 0.2) is 18.2 Å². The molecule has 6 nitrogen and oxygen atoms in total. The van der Waals surface area contributed by atoms with E-state index in [9.17, 15) is 9.59 Å². The van der Waals surface area contributed by atoms with Crippen LogP contribution in [0, 0.1) is 5.92 Å². The number of hydrogen-bond donors (Lipinski definition) is 3. The van der Waals surface area contributed by atoms with E-state index in [0.717, 1.165) is 31.2 Å². The molecule has 1 aromatic rings. The fraction of sp³-hybridized carbons (Fsp3) is 0.579. The smallest absolute Gasteiger partial charge is 0.265 e. The van der Waals surface area contributed by atoms with E-state index in [1.807, 2.05) is 32.0 Å². The van der Waals surface area contributed by atoms with E-state index in [1.54, 1.807) is 0 Å². The van der Waals surface area contributed by atoms with E-state index in [0.29, 0.717) is 17.9 Å². The van der Waals surface area contributed by atoms with E-state index < -0.39 is 6.10 Å². The topological polar surface area (TPSA) is 93.4 Å². The predicted octanol–water partition coefficient (Wildman–Crippen LogP) is 2.91. The quantitative estimate of drug-likeness (QED) is 0.747. The lowest BCUT2D eigenvalue weighted by atomic mass is 9.85. The standard InChI is InChI=1S/C19H27N3O3.ClH/c1-3-16-19(24)22-15-8-7-12(10-17(15)25-16)11(2)21-18(23)13-5-4-6-14(20)9-13;/h7-8,10-11,13-14,16H,3-6,9,20H2,1-2H3,(H,21,23)(H,22,24);1H. The average Bonchev–Trinajstić information content (AvgIpc) is 2.60. The zero-order valence-corrected chi connectivity index (χ0v) is 16.1. The number of halogens is 1. The molecule has 0 spiro atoms. The maximum absolute atomic E-state index is 12.5. The van der Waals surface area contributed by atoms with E-state index in [1.165, 1.54) is 0 Å². The molecule has 3 rings (SSSR count). The SMILES string of the molecule is CCC1Oc2cc(C(C)NC(=O)C3CCCC(N)C3)ccc2NC1=O.Cl. The highest BCUT2D eigenvalue weighted by Gasteiger charge is 2.28. The monoisotopic (exact) mass is 381 g/mol. The number of hydrogen-bond acceptors (Lipinski definition) is 4. The Morgan fingerprint density at radius 3 is 2.88 bits per heavy atom. The number of carbonyl (C=O) groups is 2. The number of nitrogens with two attached hydrogens (primary N) is 1. The van der Waals surface area contributed by atoms with Crippen molar-refractivity contribution in [3.8, 4) is 5.75 Å². The predicted molar refractivity (Wildman–Crippen MR) is 104 cm³/mol. The molecule has 1 fully saturated rings. The van der Waals surface area contributed by atoms with E-state index >= 15 is 0 Å². The Labute approximate surface area is 160 Å². The number of benzene rings is 1. The molecule has 1 heterocycles. The zero-order valence-electron chi connectivity index (χ0n) is 15.3. The summed E-state index contributed by atoms with van der Waals surface area (Å²) in [6.07, 6.45) is 3.84. The number of fused-ring (bicyclic) bond motifs is 1. The molecule has 1 aromatic carbocycles. The van der Waals surface area contributed by atoms with Gasteiger partial charge in [0.15, 0.2) is 6.10 Å². The van der Waals surface area contributed by atoms with Crippen LogP contribution in [0.5, 0.6) is 5.75 Å². The minimum absolute atomic E-state index is 0. The van der Waals surface area contributed by atoms with Gasteiger partial charge in [-0.2, -0.15) is 0 Å². The van der Waals surface area contributed by atoms with Crippen molar-refractivity contribution >= 4 is 29.9 Å². The number of ether oxygens (including phenoxy) is 1. The molecule has 1 aliphatic heterocycles. The minimum atomic E-state index is -0.462. The van der Waals surface area contributed by atoms with Crippen molar-refractivity contribution in [1.29, 1.82) is 0 Å². The molecule has 7 heteroatoms. The van der Waals surface area contributed by atoms with Crippen molar-refractivity contribution in [3.63, 3.8) is 0 Å². The first-order chi connectivity index (χ1) is 12.0. The van der Waals surface area contributed by atoms with Gasteiger partial charge in [-0.15, -0.1) is 12.4 Å². The van der Waals surface area contributed by atoms with Crippen molar-refractivity contribution in [3.05, 3.63) is 23.8 Å². The summed E-state index contributed by atoms with van der Waals surface area (Å²) in [7, 11) is 0. The van der Waals surface area contributed by atoms with Crippen molar-refractivity contribution in [2.75, 3.05) is 5.32 Å². The Hall–Kier alpha value is -1.79. The second-order valence-corrected chi connectivity index (χ2v) is 7.11. The van der Waals surface area contributed by atoms with Gasteiger partial charge in [0.05, 0.1) is 11.7 Å². The number of anilines is 1. The van der Waals surface area contributed by atoms with Crippen LogP contribution in [0.2, 0.25) is 0 Å². The van der Waals surface area contributed by atoms with Gasteiger partial charge in [-0.1, -0.05) is 19.4 Å². The molecule has 1 saturated carbocycles. The molecule has 144 valence electrons. The maximum atomic E-state index is 12.5. The molecule has 4 atom stereocenters. The molecule has 2 amide bonds. The van der Waals surface area contributed by atoms with E-state index in [2.05, 4.69) is 10.6 Å². The van der Waals surface area contributed by atoms with Crippen LogP contribution in [0.3, 0.4) is 0 Å². The summed E-state index contributed by atoms with van der Waals surface area (Å²) in [5, 5.41) is 5.95. The zero-order chi connectivity index (χ0) is 18.0. The van der Waals surface area contributed by atoms with Gasteiger partial charge in [0.1, 0.15) is 5.75 Å². The van der Waals surface area contributed by atoms with Gasteiger partial charge in [0, 0.05) is 12.0 Å². The Balaban J connectivity index is 0.00000243. The Bertz CT molecular complexity index is 667. The highest BCUT2D eigenvalue weighted by molar-refractivity contribution is 5.97. The van der Waals surface area contributed by atoms with Gasteiger partial charge in [-0.05, 0) is 50.3 Å². The molecule has 0 radical (unpaired) electrons. The fourth-order valence-electron chi connectivity index (χ4n) is 3.58. The number of nitrogens with one attached hydrogen (secondary N) is 2. The van der Waals surface area contributed by atoms with Gasteiger partial charge in [-0.25, -0.2) is 0 Å². The molecule has 4 N–H and O–H groups in total.